The fourth-order valence-electron chi connectivity index (χ4n) is 1.45. The number of halogens is 3. The normalized spacial score (nSPS) is 10.6. The van der Waals surface area contributed by atoms with E-state index >= 15 is 0 Å². The van der Waals surface area contributed by atoms with Crippen molar-refractivity contribution in [3.63, 3.8) is 0 Å². The summed E-state index contributed by atoms with van der Waals surface area (Å²) in [7, 11) is 1.29. The second kappa shape index (κ2) is 4.85. The molecule has 0 bridgehead atoms. The number of carbonyl (C=O) groups excluding carboxylic acids is 1. The van der Waals surface area contributed by atoms with Gasteiger partial charge in [-0.25, -0.2) is 9.18 Å². The summed E-state index contributed by atoms with van der Waals surface area (Å²) >= 11 is 5.28. The Hall–Kier alpha value is -0.760. The predicted octanol–water partition coefficient (Wildman–Crippen LogP) is 3.53. The second-order valence-electron chi connectivity index (χ2n) is 3.26. The monoisotopic (exact) mass is 409 g/mol. The molecule has 0 saturated heterocycles. The molecule has 1 aromatic carbocycles. The van der Waals surface area contributed by atoms with Gasteiger partial charge in [0, 0.05) is 19.6 Å². The van der Waals surface area contributed by atoms with Gasteiger partial charge in [0.05, 0.1) is 18.2 Å². The number of aromatic nitrogens is 1. The van der Waals surface area contributed by atoms with E-state index < -0.39 is 5.97 Å². The molecule has 0 spiro atoms. The zero-order chi connectivity index (χ0) is 12.6. The van der Waals surface area contributed by atoms with Gasteiger partial charge >= 0.3 is 5.97 Å². The predicted molar refractivity (Wildman–Crippen MR) is 73.5 cm³/mol. The molecule has 0 saturated carbocycles. The van der Waals surface area contributed by atoms with Crippen LogP contribution in [0.2, 0.25) is 0 Å². The number of nitrogens with zero attached hydrogens (tertiary/aromatic N) is 1. The molecule has 0 unspecified atom stereocenters. The van der Waals surface area contributed by atoms with Gasteiger partial charge in [0.2, 0.25) is 0 Å². The molecule has 0 aliphatic carbocycles. The molecule has 0 aliphatic heterocycles. The molecule has 17 heavy (non-hydrogen) atoms. The van der Waals surface area contributed by atoms with Crippen molar-refractivity contribution in [1.82, 2.24) is 4.98 Å². The Morgan fingerprint density at radius 1 is 1.53 bits per heavy atom. The van der Waals surface area contributed by atoms with Gasteiger partial charge in [0.1, 0.15) is 5.82 Å². The summed E-state index contributed by atoms with van der Waals surface area (Å²) in [5.41, 5.74) is 0.924. The van der Waals surface area contributed by atoms with Gasteiger partial charge in [0.15, 0.2) is 0 Å². The minimum absolute atomic E-state index is 0.279. The van der Waals surface area contributed by atoms with E-state index in [1.807, 2.05) is 22.6 Å². The SMILES string of the molecule is COC(=O)c1cnc2c(I)cc(F)cc2c1Br. The molecule has 1 aromatic heterocycles. The molecule has 88 valence electrons. The van der Waals surface area contributed by atoms with Gasteiger partial charge in [0.25, 0.3) is 0 Å². The zero-order valence-electron chi connectivity index (χ0n) is 8.63. The number of benzene rings is 1. The number of methoxy groups -OCH3 is 1. The number of rotatable bonds is 1. The Balaban J connectivity index is 2.79. The summed E-state index contributed by atoms with van der Waals surface area (Å²) in [6, 6.07) is 2.72. The number of ether oxygens (including phenoxy) is 1. The van der Waals surface area contributed by atoms with Crippen LogP contribution in [0.5, 0.6) is 0 Å². The average Bonchev–Trinajstić information content (AvgIpc) is 2.29. The first-order valence-electron chi connectivity index (χ1n) is 4.56. The van der Waals surface area contributed by atoms with Crippen molar-refractivity contribution in [1.29, 1.82) is 0 Å². The Bertz CT molecular complexity index is 618. The Morgan fingerprint density at radius 3 is 2.88 bits per heavy atom. The summed E-state index contributed by atoms with van der Waals surface area (Å²) in [5.74, 6) is -0.878. The van der Waals surface area contributed by atoms with E-state index in [9.17, 15) is 9.18 Å². The number of hydrogen-bond acceptors (Lipinski definition) is 3. The molecule has 0 atom stereocenters. The molecule has 0 N–H and O–H groups in total. The number of carbonyl (C=O) groups is 1. The highest BCUT2D eigenvalue weighted by atomic mass is 127. The van der Waals surface area contributed by atoms with E-state index in [1.165, 1.54) is 25.4 Å². The summed E-state index contributed by atoms with van der Waals surface area (Å²) in [6.45, 7) is 0. The van der Waals surface area contributed by atoms with Crippen LogP contribution in [0.1, 0.15) is 10.4 Å². The number of hydrogen-bond donors (Lipinski definition) is 0. The molecule has 0 amide bonds. The van der Waals surface area contributed by atoms with Crippen LogP contribution < -0.4 is 0 Å². The lowest BCUT2D eigenvalue weighted by atomic mass is 10.1. The van der Waals surface area contributed by atoms with Crippen LogP contribution in [0.3, 0.4) is 0 Å². The molecule has 2 aromatic rings. The van der Waals surface area contributed by atoms with E-state index in [0.717, 1.165) is 0 Å². The minimum Gasteiger partial charge on any atom is -0.465 e. The largest absolute Gasteiger partial charge is 0.465 e. The molecule has 0 fully saturated rings. The van der Waals surface area contributed by atoms with Gasteiger partial charge in [-0.05, 0) is 50.7 Å². The maximum Gasteiger partial charge on any atom is 0.340 e. The summed E-state index contributed by atoms with van der Waals surface area (Å²) in [5, 5.41) is 0.553. The molecule has 2 rings (SSSR count). The number of esters is 1. The van der Waals surface area contributed by atoms with E-state index in [2.05, 4.69) is 25.7 Å². The summed E-state index contributed by atoms with van der Waals surface area (Å²) in [6.07, 6.45) is 1.41. The Morgan fingerprint density at radius 2 is 2.24 bits per heavy atom. The molecule has 6 heteroatoms. The highest BCUT2D eigenvalue weighted by Gasteiger charge is 2.15. The lowest BCUT2D eigenvalue weighted by Gasteiger charge is -2.07. The van der Waals surface area contributed by atoms with E-state index in [1.54, 1.807) is 0 Å². The van der Waals surface area contributed by atoms with E-state index in [-0.39, 0.29) is 11.4 Å². The molecule has 3 nitrogen and oxygen atoms in total. The Kier molecular flexibility index (Phi) is 3.62. The zero-order valence-corrected chi connectivity index (χ0v) is 12.4. The maximum atomic E-state index is 13.3. The lowest BCUT2D eigenvalue weighted by molar-refractivity contribution is 0.0599. The van der Waals surface area contributed by atoms with Crippen molar-refractivity contribution < 1.29 is 13.9 Å². The average molecular weight is 410 g/mol. The van der Waals surface area contributed by atoms with Crippen LogP contribution in [0.4, 0.5) is 4.39 Å². The van der Waals surface area contributed by atoms with Gasteiger partial charge in [-0.1, -0.05) is 0 Å². The highest BCUT2D eigenvalue weighted by molar-refractivity contribution is 14.1. The summed E-state index contributed by atoms with van der Waals surface area (Å²) < 4.78 is 19.1. The maximum absolute atomic E-state index is 13.3. The van der Waals surface area contributed by atoms with Crippen molar-refractivity contribution in [2.24, 2.45) is 0 Å². The van der Waals surface area contributed by atoms with E-state index in [4.69, 9.17) is 0 Å². The smallest absolute Gasteiger partial charge is 0.340 e. The highest BCUT2D eigenvalue weighted by Crippen LogP contribution is 2.30. The van der Waals surface area contributed by atoms with Gasteiger partial charge in [-0.15, -0.1) is 0 Å². The van der Waals surface area contributed by atoms with Crippen molar-refractivity contribution in [2.75, 3.05) is 7.11 Å². The summed E-state index contributed by atoms with van der Waals surface area (Å²) in [4.78, 5) is 15.6. The van der Waals surface area contributed by atoms with Gasteiger partial charge in [-0.3, -0.25) is 4.98 Å². The van der Waals surface area contributed by atoms with Crippen LogP contribution in [-0.4, -0.2) is 18.1 Å². The molecule has 1 heterocycles. The lowest BCUT2D eigenvalue weighted by Crippen LogP contribution is -2.04. The van der Waals surface area contributed by atoms with Gasteiger partial charge in [-0.2, -0.15) is 0 Å². The third-order valence-corrected chi connectivity index (χ3v) is 3.91. The number of pyridine rings is 1. The van der Waals surface area contributed by atoms with Crippen LogP contribution in [0, 0.1) is 9.39 Å². The van der Waals surface area contributed by atoms with Crippen LogP contribution in [0.15, 0.2) is 22.8 Å². The van der Waals surface area contributed by atoms with Gasteiger partial charge < -0.3 is 4.74 Å². The third kappa shape index (κ3) is 2.28. The van der Waals surface area contributed by atoms with E-state index in [0.29, 0.717) is 18.9 Å². The van der Waals surface area contributed by atoms with Crippen molar-refractivity contribution in [2.45, 2.75) is 0 Å². The van der Waals surface area contributed by atoms with Crippen LogP contribution >= 0.6 is 38.5 Å². The minimum atomic E-state index is -0.509. The molecule has 0 aliphatic rings. The van der Waals surface area contributed by atoms with Crippen molar-refractivity contribution in [3.8, 4) is 0 Å². The quantitative estimate of drug-likeness (QED) is 0.534. The van der Waals surface area contributed by atoms with Crippen molar-refractivity contribution >= 4 is 55.4 Å². The first-order valence-corrected chi connectivity index (χ1v) is 6.43. The number of fused-ring (bicyclic) bond motifs is 1. The standard InChI is InChI=1S/C11H6BrFINO2/c1-17-11(16)7-4-15-10-6(9(7)12)2-5(13)3-8(10)14/h2-4H,1H3. The molecular weight excluding hydrogens is 404 g/mol. The fraction of sp³-hybridized carbons (Fsp3) is 0.0909. The van der Waals surface area contributed by atoms with Crippen LogP contribution in [-0.2, 0) is 4.74 Å². The topological polar surface area (TPSA) is 39.2 Å². The second-order valence-corrected chi connectivity index (χ2v) is 5.22. The first kappa shape index (κ1) is 12.7. The fourth-order valence-corrected chi connectivity index (χ4v) is 2.74. The molecular formula is C11H6BrFINO2. The molecule has 0 radical (unpaired) electrons. The Labute approximate surface area is 119 Å². The first-order chi connectivity index (χ1) is 8.04. The van der Waals surface area contributed by atoms with Crippen molar-refractivity contribution in [3.05, 3.63) is 37.8 Å². The third-order valence-electron chi connectivity index (χ3n) is 2.23. The van der Waals surface area contributed by atoms with Crippen LogP contribution in [0.25, 0.3) is 10.9 Å².